The minimum atomic E-state index is -0.160. The Morgan fingerprint density at radius 1 is 0.969 bits per heavy atom. The molecule has 1 aliphatic rings. The number of anilines is 2. The summed E-state index contributed by atoms with van der Waals surface area (Å²) in [5.74, 6) is -0.160. The Morgan fingerprint density at radius 2 is 1.72 bits per heavy atom. The van der Waals surface area contributed by atoms with Gasteiger partial charge in [0.05, 0.1) is 16.9 Å². The first-order chi connectivity index (χ1) is 15.6. The van der Waals surface area contributed by atoms with E-state index in [1.807, 2.05) is 71.8 Å². The molecule has 7 heteroatoms. The van der Waals surface area contributed by atoms with Crippen LogP contribution in [-0.4, -0.2) is 53.6 Å². The molecule has 1 N–H and O–H groups in total. The zero-order chi connectivity index (χ0) is 22.1. The monoisotopic (exact) mass is 489 g/mol. The summed E-state index contributed by atoms with van der Waals surface area (Å²) in [6.07, 6.45) is 7.51. The van der Waals surface area contributed by atoms with Crippen molar-refractivity contribution in [3.63, 3.8) is 0 Å². The number of carbonyl (C=O) groups excluding carboxylic acids is 1. The third-order valence-corrected chi connectivity index (χ3v) is 6.47. The maximum atomic E-state index is 13.4. The van der Waals surface area contributed by atoms with Crippen LogP contribution in [0.15, 0.2) is 77.8 Å². The molecule has 4 aromatic rings. The molecule has 0 saturated carbocycles. The third kappa shape index (κ3) is 4.01. The van der Waals surface area contributed by atoms with Crippen molar-refractivity contribution in [2.45, 2.75) is 0 Å². The maximum absolute atomic E-state index is 13.4. The number of piperazine rings is 1. The second-order valence-electron chi connectivity index (χ2n) is 8.05. The highest BCUT2D eigenvalue weighted by atomic mass is 79.9. The molecule has 0 atom stereocenters. The van der Waals surface area contributed by atoms with Crippen LogP contribution in [0.4, 0.5) is 11.4 Å². The van der Waals surface area contributed by atoms with Gasteiger partial charge in [0, 0.05) is 71.9 Å². The summed E-state index contributed by atoms with van der Waals surface area (Å²) in [5.41, 5.74) is 3.36. The quantitative estimate of drug-likeness (QED) is 0.447. The van der Waals surface area contributed by atoms with Crippen LogP contribution in [0.1, 0.15) is 10.4 Å². The lowest BCUT2D eigenvalue weighted by atomic mass is 10.1. The summed E-state index contributed by atoms with van der Waals surface area (Å²) in [4.78, 5) is 22.5. The second-order valence-corrected chi connectivity index (χ2v) is 8.97. The Morgan fingerprint density at radius 3 is 2.50 bits per heavy atom. The number of carbonyl (C=O) groups is 1. The second kappa shape index (κ2) is 8.76. The Hall–Kier alpha value is -3.16. The van der Waals surface area contributed by atoms with Gasteiger partial charge in [-0.2, -0.15) is 0 Å². The number of rotatable bonds is 4. The highest BCUT2D eigenvalue weighted by Crippen LogP contribution is 2.33. The number of benzene rings is 2. The van der Waals surface area contributed by atoms with Crippen molar-refractivity contribution >= 4 is 44.0 Å². The average Bonchev–Trinajstić information content (AvgIpc) is 3.35. The summed E-state index contributed by atoms with van der Waals surface area (Å²) in [5, 5.41) is 5.17. The van der Waals surface area contributed by atoms with Crippen LogP contribution in [0.5, 0.6) is 0 Å². The van der Waals surface area contributed by atoms with E-state index in [4.69, 9.17) is 0 Å². The molecule has 0 aliphatic carbocycles. The summed E-state index contributed by atoms with van der Waals surface area (Å²) >= 11 is 3.50. The molecule has 5 rings (SSSR count). The first kappa shape index (κ1) is 20.7. The number of pyridine rings is 1. The van der Waals surface area contributed by atoms with Crippen molar-refractivity contribution in [1.29, 1.82) is 0 Å². The van der Waals surface area contributed by atoms with Crippen LogP contribution < -0.4 is 10.2 Å². The highest BCUT2D eigenvalue weighted by molar-refractivity contribution is 9.10. The number of aromatic nitrogens is 2. The van der Waals surface area contributed by atoms with E-state index in [-0.39, 0.29) is 5.91 Å². The van der Waals surface area contributed by atoms with Gasteiger partial charge in [0.1, 0.15) is 0 Å². The molecular weight excluding hydrogens is 466 g/mol. The average molecular weight is 490 g/mol. The molecule has 6 nitrogen and oxygen atoms in total. The number of nitrogens with one attached hydrogen (secondary N) is 1. The molecule has 2 aromatic heterocycles. The lowest BCUT2D eigenvalue weighted by Gasteiger charge is -2.34. The Kier molecular flexibility index (Phi) is 5.68. The van der Waals surface area contributed by atoms with Crippen LogP contribution in [0, 0.1) is 0 Å². The molecule has 3 heterocycles. The predicted molar refractivity (Wildman–Crippen MR) is 133 cm³/mol. The maximum Gasteiger partial charge on any atom is 0.257 e. The normalized spacial score (nSPS) is 14.6. The van der Waals surface area contributed by atoms with Crippen molar-refractivity contribution in [2.75, 3.05) is 43.4 Å². The summed E-state index contributed by atoms with van der Waals surface area (Å²) in [7, 11) is 2.15. The van der Waals surface area contributed by atoms with Crippen molar-refractivity contribution < 1.29 is 4.79 Å². The van der Waals surface area contributed by atoms with Gasteiger partial charge in [-0.1, -0.05) is 15.9 Å². The van der Waals surface area contributed by atoms with Gasteiger partial charge in [0.2, 0.25) is 0 Å². The van der Waals surface area contributed by atoms with Crippen LogP contribution >= 0.6 is 15.9 Å². The Labute approximate surface area is 195 Å². The molecule has 1 fully saturated rings. The Balaban J connectivity index is 1.50. The van der Waals surface area contributed by atoms with Crippen molar-refractivity contribution in [3.8, 4) is 5.69 Å². The minimum Gasteiger partial charge on any atom is -0.368 e. The molecule has 0 spiro atoms. The molecule has 0 bridgehead atoms. The van der Waals surface area contributed by atoms with Gasteiger partial charge >= 0.3 is 0 Å². The van der Waals surface area contributed by atoms with Crippen molar-refractivity contribution in [1.82, 2.24) is 14.5 Å². The SMILES string of the molecule is CN1CCN(c2ccc(NC(=O)c3cc(Br)ccc3-n3cccc3)c3cnccc23)CC1. The largest absolute Gasteiger partial charge is 0.368 e. The molecule has 1 saturated heterocycles. The molecule has 2 aromatic carbocycles. The zero-order valence-corrected chi connectivity index (χ0v) is 19.4. The minimum absolute atomic E-state index is 0.160. The number of amides is 1. The van der Waals surface area contributed by atoms with E-state index in [1.54, 1.807) is 0 Å². The number of hydrogen-bond acceptors (Lipinski definition) is 4. The highest BCUT2D eigenvalue weighted by Gasteiger charge is 2.19. The van der Waals surface area contributed by atoms with Crippen LogP contribution in [0.25, 0.3) is 16.5 Å². The fraction of sp³-hybridized carbons (Fsp3) is 0.200. The standard InChI is InChI=1S/C25H24BrN5O/c1-29-12-14-31(15-13-29)23-7-5-22(21-17-27-9-8-19(21)23)28-25(32)20-16-18(26)4-6-24(20)30-10-2-3-11-30/h2-11,16-17H,12-15H2,1H3,(H,28,32). The van der Waals surface area contributed by atoms with E-state index in [0.29, 0.717) is 5.56 Å². The smallest absolute Gasteiger partial charge is 0.257 e. The molecule has 1 amide bonds. The van der Waals surface area contributed by atoms with Gasteiger partial charge in [0.15, 0.2) is 0 Å². The lowest BCUT2D eigenvalue weighted by molar-refractivity contribution is 0.102. The predicted octanol–water partition coefficient (Wildman–Crippen LogP) is 4.79. The molecule has 162 valence electrons. The molecular formula is C25H24BrN5O. The van der Waals surface area contributed by atoms with E-state index in [0.717, 1.165) is 52.8 Å². The van der Waals surface area contributed by atoms with Gasteiger partial charge in [-0.3, -0.25) is 9.78 Å². The molecule has 0 unspecified atom stereocenters. The fourth-order valence-corrected chi connectivity index (χ4v) is 4.57. The zero-order valence-electron chi connectivity index (χ0n) is 17.8. The fourth-order valence-electron chi connectivity index (χ4n) is 4.21. The van der Waals surface area contributed by atoms with Crippen molar-refractivity contribution in [3.05, 3.63) is 83.4 Å². The van der Waals surface area contributed by atoms with E-state index < -0.39 is 0 Å². The van der Waals surface area contributed by atoms with Crippen LogP contribution in [0.2, 0.25) is 0 Å². The molecule has 0 radical (unpaired) electrons. The first-order valence-electron chi connectivity index (χ1n) is 10.6. The summed E-state index contributed by atoms with van der Waals surface area (Å²) < 4.78 is 2.80. The van der Waals surface area contributed by atoms with Crippen molar-refractivity contribution in [2.24, 2.45) is 0 Å². The van der Waals surface area contributed by atoms with Gasteiger partial charge in [-0.25, -0.2) is 0 Å². The molecule has 32 heavy (non-hydrogen) atoms. The Bertz CT molecular complexity index is 1260. The number of hydrogen-bond donors (Lipinski definition) is 1. The van der Waals surface area contributed by atoms with Gasteiger partial charge in [-0.05, 0) is 55.6 Å². The number of fused-ring (bicyclic) bond motifs is 1. The van der Waals surface area contributed by atoms with E-state index in [1.165, 1.54) is 5.69 Å². The summed E-state index contributed by atoms with van der Waals surface area (Å²) in [6, 6.07) is 15.7. The molecule has 1 aliphatic heterocycles. The van der Waals surface area contributed by atoms with Gasteiger partial charge < -0.3 is 19.7 Å². The number of halogens is 1. The number of nitrogens with zero attached hydrogens (tertiary/aromatic N) is 4. The number of likely N-dealkylation sites (N-methyl/N-ethyl adjacent to an activating group) is 1. The summed E-state index contributed by atoms with van der Waals surface area (Å²) in [6.45, 7) is 4.04. The van der Waals surface area contributed by atoms with Gasteiger partial charge in [0.25, 0.3) is 5.91 Å². The van der Waals surface area contributed by atoms with Crippen LogP contribution in [-0.2, 0) is 0 Å². The lowest BCUT2D eigenvalue weighted by Crippen LogP contribution is -2.44. The van der Waals surface area contributed by atoms with E-state index in [2.05, 4.69) is 49.1 Å². The van der Waals surface area contributed by atoms with E-state index >= 15 is 0 Å². The third-order valence-electron chi connectivity index (χ3n) is 5.97. The van der Waals surface area contributed by atoms with E-state index in [9.17, 15) is 4.79 Å². The topological polar surface area (TPSA) is 53.4 Å². The van der Waals surface area contributed by atoms with Gasteiger partial charge in [-0.15, -0.1) is 0 Å². The first-order valence-corrected chi connectivity index (χ1v) is 11.4. The van der Waals surface area contributed by atoms with Crippen LogP contribution in [0.3, 0.4) is 0 Å².